The van der Waals surface area contributed by atoms with Crippen LogP contribution in [0.25, 0.3) is 0 Å². The van der Waals surface area contributed by atoms with Crippen LogP contribution in [0, 0.1) is 13.8 Å². The number of carbonyl (C=O) groups excluding carboxylic acids is 2. The van der Waals surface area contributed by atoms with E-state index in [1.807, 2.05) is 26.0 Å². The summed E-state index contributed by atoms with van der Waals surface area (Å²) in [4.78, 5) is 40.7. The van der Waals surface area contributed by atoms with E-state index in [9.17, 15) is 45.8 Å². The molecule has 1 aliphatic heterocycles. The molecule has 1 saturated heterocycles. The molecule has 0 amide bonds. The number of carboxylic acids is 1. The average Bonchev–Trinajstić information content (AvgIpc) is 2.93. The van der Waals surface area contributed by atoms with Crippen molar-refractivity contribution < 1.29 is 45.8 Å². The molecule has 4 rings (SSSR count). The van der Waals surface area contributed by atoms with Gasteiger partial charge in [0.2, 0.25) is 0 Å². The normalized spacial score (nSPS) is 19.7. The number of Topliss-reactive ketones (excluding diaryl/α,β-unsaturated/α-hetero) is 2. The fourth-order valence-corrected chi connectivity index (χ4v) is 5.46. The lowest BCUT2D eigenvalue weighted by molar-refractivity contribution is -0.140. The highest BCUT2D eigenvalue weighted by Gasteiger charge is 2.48. The van der Waals surface area contributed by atoms with Crippen LogP contribution in [-0.4, -0.2) is 58.8 Å². The quantitative estimate of drug-likeness (QED) is 0.251. The van der Waals surface area contributed by atoms with Crippen molar-refractivity contribution >= 4 is 17.5 Å². The first-order valence-corrected chi connectivity index (χ1v) is 13.3. The van der Waals surface area contributed by atoms with E-state index >= 15 is 0 Å². The number of nitrogens with zero attached hydrogens (tertiary/aromatic N) is 1. The predicted octanol–water partition coefficient (Wildman–Crippen LogP) is 5.74. The first-order valence-electron chi connectivity index (χ1n) is 13.3. The highest BCUT2D eigenvalue weighted by molar-refractivity contribution is 6.05. The molecular weight excluding hydrogens is 578 g/mol. The third-order valence-electron chi connectivity index (χ3n) is 7.62. The first-order chi connectivity index (χ1) is 20.1. The lowest BCUT2D eigenvalue weighted by Gasteiger charge is -2.45. The Morgan fingerprint density at radius 3 is 1.86 bits per heavy atom. The van der Waals surface area contributed by atoms with Crippen LogP contribution in [0.15, 0.2) is 66.7 Å². The summed E-state index contributed by atoms with van der Waals surface area (Å²) in [5.41, 5.74) is -1.44. The van der Waals surface area contributed by atoms with Crippen molar-refractivity contribution in [3.63, 3.8) is 0 Å². The molecule has 228 valence electrons. The van der Waals surface area contributed by atoms with Crippen molar-refractivity contribution in [3.8, 4) is 0 Å². The van der Waals surface area contributed by atoms with Gasteiger partial charge in [-0.1, -0.05) is 54.6 Å². The van der Waals surface area contributed by atoms with Crippen LogP contribution in [-0.2, 0) is 23.6 Å². The van der Waals surface area contributed by atoms with E-state index < -0.39 is 76.8 Å². The Morgan fingerprint density at radius 2 is 1.35 bits per heavy atom. The van der Waals surface area contributed by atoms with E-state index in [-0.39, 0.29) is 13.0 Å². The van der Waals surface area contributed by atoms with Gasteiger partial charge in [-0.25, -0.2) is 0 Å². The molecule has 0 spiro atoms. The monoisotopic (exact) mass is 606 g/mol. The van der Waals surface area contributed by atoms with Crippen LogP contribution in [0.1, 0.15) is 48.5 Å². The molecule has 0 aromatic heterocycles. The average molecular weight is 607 g/mol. The van der Waals surface area contributed by atoms with Gasteiger partial charge in [0, 0.05) is 23.7 Å². The largest absolute Gasteiger partial charge is 0.480 e. The number of benzene rings is 3. The Morgan fingerprint density at radius 1 is 0.814 bits per heavy atom. The van der Waals surface area contributed by atoms with Crippen molar-refractivity contribution in [2.45, 2.75) is 50.7 Å². The predicted molar refractivity (Wildman–Crippen MR) is 145 cm³/mol. The molecule has 2 N–H and O–H groups in total. The smallest absolute Gasteiger partial charge is 0.417 e. The summed E-state index contributed by atoms with van der Waals surface area (Å²) in [5, 5.41) is 12.8. The van der Waals surface area contributed by atoms with Crippen molar-refractivity contribution in [1.29, 1.82) is 0 Å². The lowest BCUT2D eigenvalue weighted by Crippen LogP contribution is -2.68. The topological polar surface area (TPSA) is 86.7 Å². The maximum atomic E-state index is 14.0. The molecular formula is C31H28F6N2O4. The molecule has 0 saturated carbocycles. The van der Waals surface area contributed by atoms with Crippen LogP contribution in [0.3, 0.4) is 0 Å². The number of carbonyl (C=O) groups is 3. The number of carboxylic acid groups (broad SMARTS) is 1. The second-order valence-corrected chi connectivity index (χ2v) is 10.5. The Balaban J connectivity index is 1.86. The van der Waals surface area contributed by atoms with Crippen LogP contribution in [0.4, 0.5) is 26.3 Å². The van der Waals surface area contributed by atoms with Crippen molar-refractivity contribution in [2.24, 2.45) is 0 Å². The minimum Gasteiger partial charge on any atom is -0.480 e. The fraction of sp³-hybridized carbons (Fsp3) is 0.323. The zero-order valence-corrected chi connectivity index (χ0v) is 23.1. The van der Waals surface area contributed by atoms with E-state index in [0.29, 0.717) is 17.7 Å². The Hall–Kier alpha value is -4.03. The maximum Gasteiger partial charge on any atom is 0.417 e. The van der Waals surface area contributed by atoms with Gasteiger partial charge in [-0.3, -0.25) is 19.3 Å². The number of alkyl halides is 6. The fourth-order valence-electron chi connectivity index (χ4n) is 5.46. The molecule has 0 aliphatic carbocycles. The summed E-state index contributed by atoms with van der Waals surface area (Å²) in [5.74, 6) is -3.75. The summed E-state index contributed by atoms with van der Waals surface area (Å²) >= 11 is 0. The van der Waals surface area contributed by atoms with Crippen molar-refractivity contribution in [3.05, 3.63) is 106 Å². The second kappa shape index (κ2) is 12.3. The zero-order chi connectivity index (χ0) is 31.7. The molecule has 1 fully saturated rings. The molecule has 3 atom stereocenters. The number of aryl methyl sites for hydroxylation is 2. The molecule has 12 heteroatoms. The van der Waals surface area contributed by atoms with E-state index in [1.54, 1.807) is 6.07 Å². The van der Waals surface area contributed by atoms with Gasteiger partial charge in [0.1, 0.15) is 0 Å². The van der Waals surface area contributed by atoms with Crippen LogP contribution < -0.4 is 5.32 Å². The highest BCUT2D eigenvalue weighted by atomic mass is 19.4. The molecule has 1 heterocycles. The zero-order valence-electron chi connectivity index (χ0n) is 23.1. The second-order valence-electron chi connectivity index (χ2n) is 10.5. The van der Waals surface area contributed by atoms with Crippen LogP contribution >= 0.6 is 0 Å². The number of hydrogen-bond donors (Lipinski definition) is 2. The Labute approximate surface area is 243 Å². The number of aliphatic carboxylic acids is 1. The molecule has 0 radical (unpaired) electrons. The number of halogens is 6. The van der Waals surface area contributed by atoms with Gasteiger partial charge >= 0.3 is 18.3 Å². The van der Waals surface area contributed by atoms with E-state index in [0.717, 1.165) is 40.3 Å². The van der Waals surface area contributed by atoms with Crippen molar-refractivity contribution in [2.75, 3.05) is 13.1 Å². The first kappa shape index (κ1) is 31.9. The van der Waals surface area contributed by atoms with E-state index in [1.165, 1.54) is 12.1 Å². The summed E-state index contributed by atoms with van der Waals surface area (Å²) in [6.45, 7) is 2.39. The third kappa shape index (κ3) is 6.97. The summed E-state index contributed by atoms with van der Waals surface area (Å²) < 4.78 is 83.3. The van der Waals surface area contributed by atoms with Gasteiger partial charge in [0.25, 0.3) is 0 Å². The summed E-state index contributed by atoms with van der Waals surface area (Å²) in [6.07, 6.45) is -9.79. The molecule has 3 aromatic rings. The standard InChI is InChI=1S/C31H28F6N2O4/c1-17-11-12-19(13-18(17)2)14-24-27(29(43)21-8-4-6-10-23(21)31(35,36)37)39(16-26(40)41)25(15-38-24)28(42)20-7-3-5-9-22(20)30(32,33)34/h3-13,24-25,27,38H,14-16H2,1-2H3,(H,40,41). The summed E-state index contributed by atoms with van der Waals surface area (Å²) in [6, 6.07) is 9.10. The van der Waals surface area contributed by atoms with Crippen LogP contribution in [0.2, 0.25) is 0 Å². The van der Waals surface area contributed by atoms with Gasteiger partial charge in [0.15, 0.2) is 11.6 Å². The molecule has 1 aliphatic rings. The maximum absolute atomic E-state index is 14.0. The molecule has 0 bridgehead atoms. The molecule has 6 nitrogen and oxygen atoms in total. The number of hydrogen-bond acceptors (Lipinski definition) is 5. The minimum atomic E-state index is -4.93. The molecule has 3 unspecified atom stereocenters. The van der Waals surface area contributed by atoms with E-state index in [4.69, 9.17) is 0 Å². The van der Waals surface area contributed by atoms with Crippen LogP contribution in [0.5, 0.6) is 0 Å². The van der Waals surface area contributed by atoms with Gasteiger partial charge in [0.05, 0.1) is 29.8 Å². The highest BCUT2D eigenvalue weighted by Crippen LogP contribution is 2.36. The lowest BCUT2D eigenvalue weighted by atomic mass is 9.84. The number of ketones is 2. The summed E-state index contributed by atoms with van der Waals surface area (Å²) in [7, 11) is 0. The SMILES string of the molecule is Cc1ccc(CC2NCC(C(=O)c3ccccc3C(F)(F)F)N(CC(=O)O)C2C(=O)c2ccccc2C(F)(F)F)cc1C. The third-order valence-corrected chi connectivity index (χ3v) is 7.62. The molecule has 3 aromatic carbocycles. The van der Waals surface area contributed by atoms with E-state index in [2.05, 4.69) is 5.32 Å². The minimum absolute atomic E-state index is 0.0574. The van der Waals surface area contributed by atoms with Gasteiger partial charge in [-0.15, -0.1) is 0 Å². The number of nitrogens with one attached hydrogen (secondary N) is 1. The van der Waals surface area contributed by atoms with Gasteiger partial charge in [-0.2, -0.15) is 26.3 Å². The Bertz CT molecular complexity index is 1540. The Kier molecular flexibility index (Phi) is 9.12. The van der Waals surface area contributed by atoms with Crippen molar-refractivity contribution in [1.82, 2.24) is 10.2 Å². The number of piperazine rings is 1. The van der Waals surface area contributed by atoms with Gasteiger partial charge in [-0.05, 0) is 49.1 Å². The number of rotatable bonds is 8. The molecule has 43 heavy (non-hydrogen) atoms. The van der Waals surface area contributed by atoms with Gasteiger partial charge < -0.3 is 10.4 Å².